The third kappa shape index (κ3) is 5.38. The van der Waals surface area contributed by atoms with E-state index in [1.54, 1.807) is 5.19 Å². The molecule has 1 aromatic carbocycles. The maximum atomic E-state index is 3.44. The Bertz CT molecular complexity index is 417. The van der Waals surface area contributed by atoms with Gasteiger partial charge in [0.05, 0.1) is 8.80 Å². The minimum atomic E-state index is -1.19. The van der Waals surface area contributed by atoms with Crippen LogP contribution in [0.5, 0.6) is 0 Å². The monoisotopic (exact) mass is 259 g/mol. The lowest BCUT2D eigenvalue weighted by Gasteiger charge is -2.10. The number of aryl methyl sites for hydroxylation is 1. The van der Waals surface area contributed by atoms with Crippen molar-refractivity contribution in [2.24, 2.45) is 0 Å². The second-order valence-electron chi connectivity index (χ2n) is 5.71. The van der Waals surface area contributed by atoms with E-state index in [0.717, 1.165) is 12.8 Å². The molecule has 0 nitrogen and oxygen atoms in total. The van der Waals surface area contributed by atoms with Crippen LogP contribution in [0, 0.1) is 11.5 Å². The van der Waals surface area contributed by atoms with Crippen molar-refractivity contribution in [2.45, 2.75) is 45.6 Å². The van der Waals surface area contributed by atoms with Crippen LogP contribution in [0.4, 0.5) is 0 Å². The summed E-state index contributed by atoms with van der Waals surface area (Å²) in [6.45, 7) is 11.6. The van der Waals surface area contributed by atoms with Gasteiger partial charge in [-0.1, -0.05) is 62.2 Å². The Morgan fingerprint density at radius 1 is 1.12 bits per heavy atom. The van der Waals surface area contributed by atoms with Crippen LogP contribution >= 0.6 is 0 Å². The quantitative estimate of drug-likeness (QED) is 0.576. The highest BCUT2D eigenvalue weighted by Crippen LogP contribution is 2.03. The van der Waals surface area contributed by atoms with Crippen LogP contribution < -0.4 is 5.19 Å². The second-order valence-corrected chi connectivity index (χ2v) is 13.0. The van der Waals surface area contributed by atoms with Crippen LogP contribution in [0.25, 0.3) is 0 Å². The molecule has 91 valence electrons. The van der Waals surface area contributed by atoms with Crippen molar-refractivity contribution < 1.29 is 0 Å². The first-order valence-corrected chi connectivity index (χ1v) is 12.3. The van der Waals surface area contributed by atoms with Crippen molar-refractivity contribution in [3.63, 3.8) is 0 Å². The molecule has 0 aliphatic heterocycles. The van der Waals surface area contributed by atoms with E-state index in [1.807, 2.05) is 0 Å². The van der Waals surface area contributed by atoms with Gasteiger partial charge in [-0.3, -0.25) is 0 Å². The fourth-order valence-electron chi connectivity index (χ4n) is 1.75. The molecule has 0 aliphatic rings. The van der Waals surface area contributed by atoms with Gasteiger partial charge in [-0.25, -0.2) is 0 Å². The topological polar surface area (TPSA) is 0 Å². The molecule has 0 saturated heterocycles. The van der Waals surface area contributed by atoms with Crippen LogP contribution in [0.1, 0.15) is 12.0 Å². The third-order valence-electron chi connectivity index (χ3n) is 2.54. The van der Waals surface area contributed by atoms with Gasteiger partial charge in [0.15, 0.2) is 0 Å². The van der Waals surface area contributed by atoms with Crippen LogP contribution in [0.15, 0.2) is 24.3 Å². The standard InChI is InChI=1S/C15H23Si2/c1-16(2)15-12-7-6-10-14(15)11-8-9-13-17(3,4)5/h6-7,10,12H,8,11H2,1-5H3. The Kier molecular flexibility index (Phi) is 5.23. The van der Waals surface area contributed by atoms with E-state index in [-0.39, 0.29) is 8.80 Å². The van der Waals surface area contributed by atoms with Crippen molar-refractivity contribution in [1.82, 2.24) is 0 Å². The fourth-order valence-corrected chi connectivity index (χ4v) is 3.69. The van der Waals surface area contributed by atoms with Gasteiger partial charge in [0.25, 0.3) is 0 Å². The lowest BCUT2D eigenvalue weighted by molar-refractivity contribution is 1.04. The van der Waals surface area contributed by atoms with Crippen LogP contribution in [-0.2, 0) is 6.42 Å². The maximum absolute atomic E-state index is 3.44. The first kappa shape index (κ1) is 14.3. The van der Waals surface area contributed by atoms with E-state index in [1.165, 1.54) is 5.56 Å². The fraction of sp³-hybridized carbons (Fsp3) is 0.467. The molecular weight excluding hydrogens is 236 g/mol. The molecule has 0 saturated carbocycles. The normalized spacial score (nSPS) is 11.2. The van der Waals surface area contributed by atoms with E-state index >= 15 is 0 Å². The average Bonchev–Trinajstić information content (AvgIpc) is 2.23. The molecule has 1 radical (unpaired) electrons. The summed E-state index contributed by atoms with van der Waals surface area (Å²) in [6.07, 6.45) is 2.12. The minimum absolute atomic E-state index is 0.346. The highest BCUT2D eigenvalue weighted by Gasteiger charge is 2.08. The Balaban J connectivity index is 2.66. The predicted octanol–water partition coefficient (Wildman–Crippen LogP) is 3.46. The summed E-state index contributed by atoms with van der Waals surface area (Å²) in [5.74, 6) is 3.36. The maximum Gasteiger partial charge on any atom is 0.129 e. The SMILES string of the molecule is C[Si](C)c1ccccc1CCC#C[Si](C)(C)C. The molecule has 0 atom stereocenters. The van der Waals surface area contributed by atoms with Crippen molar-refractivity contribution in [3.8, 4) is 11.5 Å². The van der Waals surface area contributed by atoms with Crippen LogP contribution in [-0.4, -0.2) is 16.9 Å². The largest absolute Gasteiger partial charge is 0.132 e. The van der Waals surface area contributed by atoms with Crippen molar-refractivity contribution in [1.29, 1.82) is 0 Å². The van der Waals surface area contributed by atoms with Crippen molar-refractivity contribution in [3.05, 3.63) is 29.8 Å². The van der Waals surface area contributed by atoms with E-state index < -0.39 is 8.07 Å². The first-order valence-electron chi connectivity index (χ1n) is 6.28. The van der Waals surface area contributed by atoms with Gasteiger partial charge in [-0.15, -0.1) is 11.5 Å². The minimum Gasteiger partial charge on any atom is -0.132 e. The molecule has 0 spiro atoms. The summed E-state index contributed by atoms with van der Waals surface area (Å²) in [7, 11) is -1.53. The number of hydrogen-bond acceptors (Lipinski definition) is 0. The lowest BCUT2D eigenvalue weighted by Crippen LogP contribution is -2.26. The first-order chi connectivity index (χ1) is 7.90. The molecule has 0 N–H and O–H groups in total. The summed E-state index contributed by atoms with van der Waals surface area (Å²) in [5, 5.41) is 1.58. The van der Waals surface area contributed by atoms with Crippen molar-refractivity contribution >= 4 is 22.1 Å². The van der Waals surface area contributed by atoms with E-state index in [9.17, 15) is 0 Å². The second kappa shape index (κ2) is 6.23. The summed E-state index contributed by atoms with van der Waals surface area (Å²) >= 11 is 0. The smallest absolute Gasteiger partial charge is 0.129 e. The molecule has 0 aromatic heterocycles. The molecule has 1 rings (SSSR count). The highest BCUT2D eigenvalue weighted by molar-refractivity contribution is 6.83. The molecular formula is C15H23Si2. The van der Waals surface area contributed by atoms with Gasteiger partial charge in [-0.05, 0) is 12.0 Å². The molecule has 2 heteroatoms. The Hall–Kier alpha value is -0.786. The van der Waals surface area contributed by atoms with Gasteiger partial charge in [0.1, 0.15) is 8.07 Å². The predicted molar refractivity (Wildman–Crippen MR) is 83.0 cm³/mol. The Morgan fingerprint density at radius 3 is 2.35 bits per heavy atom. The number of benzene rings is 1. The van der Waals surface area contributed by atoms with Gasteiger partial charge in [-0.2, -0.15) is 0 Å². The molecule has 1 aromatic rings. The summed E-state index contributed by atoms with van der Waals surface area (Å²) < 4.78 is 0. The summed E-state index contributed by atoms with van der Waals surface area (Å²) in [5.41, 5.74) is 4.95. The Morgan fingerprint density at radius 2 is 1.76 bits per heavy atom. The molecule has 0 unspecified atom stereocenters. The summed E-state index contributed by atoms with van der Waals surface area (Å²) in [4.78, 5) is 0. The van der Waals surface area contributed by atoms with E-state index in [2.05, 4.69) is 68.5 Å². The zero-order chi connectivity index (χ0) is 12.9. The highest BCUT2D eigenvalue weighted by atomic mass is 28.3. The zero-order valence-electron chi connectivity index (χ0n) is 11.7. The Labute approximate surface area is 109 Å². The molecule has 0 aliphatic carbocycles. The molecule has 0 heterocycles. The number of rotatable bonds is 3. The van der Waals surface area contributed by atoms with Crippen LogP contribution in [0.3, 0.4) is 0 Å². The molecule has 0 amide bonds. The molecule has 17 heavy (non-hydrogen) atoms. The van der Waals surface area contributed by atoms with E-state index in [4.69, 9.17) is 0 Å². The third-order valence-corrected chi connectivity index (χ3v) is 5.03. The van der Waals surface area contributed by atoms with E-state index in [0.29, 0.717) is 0 Å². The van der Waals surface area contributed by atoms with Gasteiger partial charge < -0.3 is 0 Å². The average molecular weight is 260 g/mol. The molecule has 0 fully saturated rings. The molecule has 0 bridgehead atoms. The number of hydrogen-bond donors (Lipinski definition) is 0. The van der Waals surface area contributed by atoms with Gasteiger partial charge >= 0.3 is 0 Å². The lowest BCUT2D eigenvalue weighted by atomic mass is 10.1. The summed E-state index contributed by atoms with van der Waals surface area (Å²) in [6, 6.07) is 8.86. The van der Waals surface area contributed by atoms with Gasteiger partial charge in [0, 0.05) is 6.42 Å². The van der Waals surface area contributed by atoms with Crippen molar-refractivity contribution in [2.75, 3.05) is 0 Å². The van der Waals surface area contributed by atoms with Crippen LogP contribution in [0.2, 0.25) is 32.7 Å². The van der Waals surface area contributed by atoms with Gasteiger partial charge in [0.2, 0.25) is 0 Å². The zero-order valence-corrected chi connectivity index (χ0v) is 13.7.